The van der Waals surface area contributed by atoms with Crippen LogP contribution in [-0.2, 0) is 12.8 Å². The zero-order valence-corrected chi connectivity index (χ0v) is 11.8. The smallest absolute Gasteiger partial charge is 0.122 e. The van der Waals surface area contributed by atoms with Gasteiger partial charge in [-0.3, -0.25) is 0 Å². The fourth-order valence-electron chi connectivity index (χ4n) is 3.34. The second-order valence-electron chi connectivity index (χ2n) is 5.25. The van der Waals surface area contributed by atoms with E-state index in [1.54, 1.807) is 7.11 Å². The van der Waals surface area contributed by atoms with Crippen LogP contribution in [0.25, 0.3) is 20.9 Å². The van der Waals surface area contributed by atoms with Crippen molar-refractivity contribution in [2.45, 2.75) is 25.7 Å². The quantitative estimate of drug-likeness (QED) is 0.607. The zero-order valence-electron chi connectivity index (χ0n) is 11.0. The van der Waals surface area contributed by atoms with Crippen LogP contribution in [0.1, 0.15) is 24.0 Å². The molecular weight excluding hydrogens is 252 g/mol. The lowest BCUT2D eigenvalue weighted by molar-refractivity contribution is 0.407. The Kier molecular flexibility index (Phi) is 2.52. The normalized spacial score (nSPS) is 14.8. The number of benzene rings is 2. The van der Waals surface area contributed by atoms with Gasteiger partial charge in [-0.1, -0.05) is 12.1 Å². The maximum atomic E-state index is 5.62. The van der Waals surface area contributed by atoms with Gasteiger partial charge in [0, 0.05) is 10.1 Å². The Bertz CT molecular complexity index is 770. The van der Waals surface area contributed by atoms with E-state index in [9.17, 15) is 0 Å². The standard InChI is InChI=1S/C17H16OS/c1-18-15-10-12-7-6-11-8-9-19-17(11)16(12)14-5-3-2-4-13(14)15/h6-10H,2-5H2,1H3. The minimum Gasteiger partial charge on any atom is -0.496 e. The first-order chi connectivity index (χ1) is 9.38. The summed E-state index contributed by atoms with van der Waals surface area (Å²) in [5.41, 5.74) is 2.98. The Morgan fingerprint density at radius 1 is 1.00 bits per heavy atom. The third-order valence-corrected chi connectivity index (χ3v) is 5.18. The lowest BCUT2D eigenvalue weighted by Gasteiger charge is -2.21. The number of aryl methyl sites for hydroxylation is 1. The summed E-state index contributed by atoms with van der Waals surface area (Å²) in [7, 11) is 1.79. The van der Waals surface area contributed by atoms with Gasteiger partial charge in [0.05, 0.1) is 7.11 Å². The lowest BCUT2D eigenvalue weighted by Crippen LogP contribution is -2.05. The van der Waals surface area contributed by atoms with Crippen LogP contribution < -0.4 is 4.74 Å². The van der Waals surface area contributed by atoms with Crippen molar-refractivity contribution in [2.75, 3.05) is 7.11 Å². The van der Waals surface area contributed by atoms with Gasteiger partial charge in [-0.05, 0) is 65.1 Å². The SMILES string of the molecule is COc1cc2ccc3ccsc3c2c2c1CCCC2. The van der Waals surface area contributed by atoms with E-state index in [2.05, 4.69) is 29.6 Å². The predicted molar refractivity (Wildman–Crippen MR) is 82.5 cm³/mol. The van der Waals surface area contributed by atoms with Crippen molar-refractivity contribution in [1.82, 2.24) is 0 Å². The van der Waals surface area contributed by atoms with Crippen LogP contribution >= 0.6 is 11.3 Å². The van der Waals surface area contributed by atoms with Crippen molar-refractivity contribution in [1.29, 1.82) is 0 Å². The van der Waals surface area contributed by atoms with Crippen LogP contribution in [0.2, 0.25) is 0 Å². The molecule has 0 atom stereocenters. The summed E-state index contributed by atoms with van der Waals surface area (Å²) in [6.07, 6.45) is 4.95. The van der Waals surface area contributed by atoms with E-state index in [4.69, 9.17) is 4.74 Å². The van der Waals surface area contributed by atoms with Gasteiger partial charge in [-0.15, -0.1) is 11.3 Å². The van der Waals surface area contributed by atoms with Crippen molar-refractivity contribution < 1.29 is 4.74 Å². The molecule has 1 aliphatic carbocycles. The minimum absolute atomic E-state index is 1.08. The third-order valence-electron chi connectivity index (χ3n) is 4.23. The molecule has 1 nitrogen and oxygen atoms in total. The Hall–Kier alpha value is -1.54. The molecule has 0 saturated carbocycles. The van der Waals surface area contributed by atoms with E-state index in [0.717, 1.165) is 12.2 Å². The van der Waals surface area contributed by atoms with Gasteiger partial charge >= 0.3 is 0 Å². The summed E-state index contributed by atoms with van der Waals surface area (Å²) in [4.78, 5) is 0. The summed E-state index contributed by atoms with van der Waals surface area (Å²) in [6.45, 7) is 0. The molecule has 0 amide bonds. The lowest BCUT2D eigenvalue weighted by atomic mass is 9.86. The number of fused-ring (bicyclic) bond motifs is 5. The van der Waals surface area contributed by atoms with Gasteiger partial charge in [0.25, 0.3) is 0 Å². The molecule has 1 heterocycles. The molecule has 0 radical (unpaired) electrons. The van der Waals surface area contributed by atoms with Crippen molar-refractivity contribution in [3.8, 4) is 5.75 Å². The fraction of sp³-hybridized carbons (Fsp3) is 0.294. The molecule has 0 bridgehead atoms. The molecule has 96 valence electrons. The molecule has 4 rings (SSSR count). The molecule has 0 spiro atoms. The maximum Gasteiger partial charge on any atom is 0.122 e. The van der Waals surface area contributed by atoms with E-state index >= 15 is 0 Å². The number of ether oxygens (including phenoxy) is 1. The van der Waals surface area contributed by atoms with Gasteiger partial charge in [0.15, 0.2) is 0 Å². The Morgan fingerprint density at radius 2 is 1.79 bits per heavy atom. The van der Waals surface area contributed by atoms with E-state index < -0.39 is 0 Å². The van der Waals surface area contributed by atoms with E-state index in [1.807, 2.05) is 11.3 Å². The molecule has 0 fully saturated rings. The fourth-order valence-corrected chi connectivity index (χ4v) is 4.32. The van der Waals surface area contributed by atoms with E-state index in [1.165, 1.54) is 51.2 Å². The average molecular weight is 268 g/mol. The molecule has 19 heavy (non-hydrogen) atoms. The Balaban J connectivity index is 2.19. The zero-order chi connectivity index (χ0) is 12.8. The van der Waals surface area contributed by atoms with Gasteiger partial charge in [-0.25, -0.2) is 0 Å². The largest absolute Gasteiger partial charge is 0.496 e. The van der Waals surface area contributed by atoms with Gasteiger partial charge in [0.2, 0.25) is 0 Å². The Morgan fingerprint density at radius 3 is 2.63 bits per heavy atom. The monoisotopic (exact) mass is 268 g/mol. The van der Waals surface area contributed by atoms with E-state index in [-0.39, 0.29) is 0 Å². The summed E-state index contributed by atoms with van der Waals surface area (Å²) in [5.74, 6) is 1.08. The highest BCUT2D eigenvalue weighted by Crippen LogP contribution is 2.40. The molecule has 0 unspecified atom stereocenters. The van der Waals surface area contributed by atoms with Crippen LogP contribution in [0.15, 0.2) is 29.6 Å². The second kappa shape index (κ2) is 4.24. The van der Waals surface area contributed by atoms with Crippen LogP contribution in [0.3, 0.4) is 0 Å². The first kappa shape index (κ1) is 11.3. The third kappa shape index (κ3) is 1.59. The minimum atomic E-state index is 1.08. The first-order valence-corrected chi connectivity index (χ1v) is 7.75. The number of methoxy groups -OCH3 is 1. The van der Waals surface area contributed by atoms with Gasteiger partial charge < -0.3 is 4.74 Å². The highest BCUT2D eigenvalue weighted by molar-refractivity contribution is 7.18. The average Bonchev–Trinajstić information content (AvgIpc) is 2.94. The number of rotatable bonds is 1. The molecule has 0 N–H and O–H groups in total. The summed E-state index contributed by atoms with van der Waals surface area (Å²) < 4.78 is 7.06. The van der Waals surface area contributed by atoms with Crippen molar-refractivity contribution in [2.24, 2.45) is 0 Å². The van der Waals surface area contributed by atoms with Crippen LogP contribution in [0.4, 0.5) is 0 Å². The molecular formula is C17H16OS. The molecule has 1 aromatic heterocycles. The molecule has 0 saturated heterocycles. The summed E-state index contributed by atoms with van der Waals surface area (Å²) >= 11 is 1.86. The van der Waals surface area contributed by atoms with Crippen LogP contribution in [-0.4, -0.2) is 7.11 Å². The van der Waals surface area contributed by atoms with Crippen molar-refractivity contribution in [3.63, 3.8) is 0 Å². The van der Waals surface area contributed by atoms with Crippen LogP contribution in [0, 0.1) is 0 Å². The van der Waals surface area contributed by atoms with E-state index in [0.29, 0.717) is 0 Å². The summed E-state index contributed by atoms with van der Waals surface area (Å²) in [5, 5.41) is 6.37. The predicted octanol–water partition coefficient (Wildman–Crippen LogP) is 4.94. The summed E-state index contributed by atoms with van der Waals surface area (Å²) in [6, 6.07) is 8.90. The number of thiophene rings is 1. The molecule has 1 aliphatic rings. The topological polar surface area (TPSA) is 9.23 Å². The van der Waals surface area contributed by atoms with Crippen LogP contribution in [0.5, 0.6) is 5.75 Å². The van der Waals surface area contributed by atoms with Crippen molar-refractivity contribution in [3.05, 3.63) is 40.8 Å². The highest BCUT2D eigenvalue weighted by atomic mass is 32.1. The molecule has 3 aromatic rings. The van der Waals surface area contributed by atoms with Gasteiger partial charge in [0.1, 0.15) is 5.75 Å². The molecule has 2 heteroatoms. The molecule has 0 aliphatic heterocycles. The Labute approximate surface area is 116 Å². The maximum absolute atomic E-state index is 5.62. The number of hydrogen-bond acceptors (Lipinski definition) is 2. The number of hydrogen-bond donors (Lipinski definition) is 0. The van der Waals surface area contributed by atoms with Crippen molar-refractivity contribution >= 4 is 32.2 Å². The van der Waals surface area contributed by atoms with Gasteiger partial charge in [-0.2, -0.15) is 0 Å². The first-order valence-electron chi connectivity index (χ1n) is 6.87. The molecule has 2 aromatic carbocycles. The highest BCUT2D eigenvalue weighted by Gasteiger charge is 2.19. The second-order valence-corrected chi connectivity index (χ2v) is 6.16.